The molecular weight excluding hydrogens is 333 g/mol. The van der Waals surface area contributed by atoms with E-state index in [4.69, 9.17) is 10.00 Å². The van der Waals surface area contributed by atoms with Gasteiger partial charge in [-0.25, -0.2) is 4.79 Å². The number of ether oxygens (including phenoxy) is 2. The molecule has 17 heavy (non-hydrogen) atoms. The van der Waals surface area contributed by atoms with Crippen LogP contribution in [0.2, 0.25) is 0 Å². The van der Waals surface area contributed by atoms with Gasteiger partial charge in [0.15, 0.2) is 0 Å². The summed E-state index contributed by atoms with van der Waals surface area (Å²) < 4.78 is 10.7. The number of hydrogen-bond acceptors (Lipinski definition) is 4. The summed E-state index contributed by atoms with van der Waals surface area (Å²) in [5.74, 6) is 0.266. The first-order valence-electron chi connectivity index (χ1n) is 4.74. The average Bonchev–Trinajstić information content (AvgIpc) is 2.35. The fraction of sp³-hybridized carbons (Fsp3) is 0.167. The van der Waals surface area contributed by atoms with Crippen LogP contribution in [0, 0.1) is 14.9 Å². The van der Waals surface area contributed by atoms with Crippen LogP contribution in [0.5, 0.6) is 5.75 Å². The van der Waals surface area contributed by atoms with Gasteiger partial charge in [-0.3, -0.25) is 0 Å². The number of carbonyl (C=O) groups excluding carboxylic acids is 1. The molecule has 0 fully saturated rings. The molecule has 0 saturated carbocycles. The maximum absolute atomic E-state index is 10.8. The van der Waals surface area contributed by atoms with E-state index in [1.165, 1.54) is 13.2 Å². The van der Waals surface area contributed by atoms with Crippen LogP contribution in [-0.2, 0) is 9.53 Å². The van der Waals surface area contributed by atoms with Gasteiger partial charge in [0.1, 0.15) is 12.4 Å². The van der Waals surface area contributed by atoms with Crippen molar-refractivity contribution in [2.45, 2.75) is 0 Å². The summed E-state index contributed by atoms with van der Waals surface area (Å²) in [6.07, 6.45) is 2.87. The van der Waals surface area contributed by atoms with Gasteiger partial charge in [0, 0.05) is 6.08 Å². The Labute approximate surface area is 113 Å². The molecule has 0 radical (unpaired) electrons. The molecule has 0 unspecified atom stereocenters. The number of nitrogens with zero attached hydrogens (tertiary/aromatic N) is 1. The second-order valence-electron chi connectivity index (χ2n) is 2.99. The first kappa shape index (κ1) is 13.5. The summed E-state index contributed by atoms with van der Waals surface area (Å²) in [6.45, 7) is 0.275. The molecule has 5 heteroatoms. The second kappa shape index (κ2) is 6.91. The van der Waals surface area contributed by atoms with Gasteiger partial charge in [0.2, 0.25) is 0 Å². The zero-order valence-electron chi connectivity index (χ0n) is 9.14. The van der Waals surface area contributed by atoms with Gasteiger partial charge in [0.25, 0.3) is 0 Å². The van der Waals surface area contributed by atoms with Gasteiger partial charge >= 0.3 is 5.97 Å². The standard InChI is InChI=1S/C12H10INO3/c1-16-12(15)3-2-6-17-11-5-4-9(8-14)7-10(11)13/h2-5,7H,6H2,1H3/b3-2+. The highest BCUT2D eigenvalue weighted by Gasteiger charge is 2.01. The lowest BCUT2D eigenvalue weighted by molar-refractivity contribution is -0.134. The molecule has 0 amide bonds. The minimum atomic E-state index is -0.414. The molecule has 4 nitrogen and oxygen atoms in total. The fourth-order valence-electron chi connectivity index (χ4n) is 1.04. The zero-order valence-corrected chi connectivity index (χ0v) is 11.3. The monoisotopic (exact) mass is 343 g/mol. The van der Waals surface area contributed by atoms with E-state index in [1.807, 2.05) is 6.07 Å². The summed E-state index contributed by atoms with van der Waals surface area (Å²) in [5.41, 5.74) is 0.590. The Balaban J connectivity index is 2.56. The van der Waals surface area contributed by atoms with Crippen molar-refractivity contribution in [1.82, 2.24) is 0 Å². The number of hydrogen-bond donors (Lipinski definition) is 0. The predicted molar refractivity (Wildman–Crippen MR) is 70.5 cm³/mol. The van der Waals surface area contributed by atoms with Crippen molar-refractivity contribution in [2.75, 3.05) is 13.7 Å². The van der Waals surface area contributed by atoms with Crippen molar-refractivity contribution in [3.63, 3.8) is 0 Å². The molecular formula is C12H10INO3. The smallest absolute Gasteiger partial charge is 0.330 e. The molecule has 0 aliphatic heterocycles. The van der Waals surface area contributed by atoms with E-state index in [0.29, 0.717) is 11.3 Å². The normalized spacial score (nSPS) is 9.94. The summed E-state index contributed by atoms with van der Waals surface area (Å²) in [5, 5.41) is 8.70. The number of esters is 1. The Bertz CT molecular complexity index is 477. The number of carbonyl (C=O) groups is 1. The first-order chi connectivity index (χ1) is 8.17. The third-order valence-corrected chi connectivity index (χ3v) is 2.69. The molecule has 0 spiro atoms. The van der Waals surface area contributed by atoms with Crippen LogP contribution >= 0.6 is 22.6 Å². The average molecular weight is 343 g/mol. The highest BCUT2D eigenvalue weighted by atomic mass is 127. The van der Waals surface area contributed by atoms with E-state index >= 15 is 0 Å². The lowest BCUT2D eigenvalue weighted by atomic mass is 10.2. The second-order valence-corrected chi connectivity index (χ2v) is 4.16. The van der Waals surface area contributed by atoms with Crippen LogP contribution in [-0.4, -0.2) is 19.7 Å². The molecule has 0 aromatic heterocycles. The van der Waals surface area contributed by atoms with Gasteiger partial charge in [-0.05, 0) is 46.9 Å². The third-order valence-electron chi connectivity index (χ3n) is 1.85. The SMILES string of the molecule is COC(=O)/C=C/COc1ccc(C#N)cc1I. The topological polar surface area (TPSA) is 59.3 Å². The Kier molecular flexibility index (Phi) is 5.49. The number of benzene rings is 1. The number of nitriles is 1. The zero-order chi connectivity index (χ0) is 12.7. The molecule has 0 aliphatic carbocycles. The Morgan fingerprint density at radius 1 is 1.59 bits per heavy atom. The number of halogens is 1. The van der Waals surface area contributed by atoms with E-state index < -0.39 is 5.97 Å². The van der Waals surface area contributed by atoms with Crippen LogP contribution in [0.25, 0.3) is 0 Å². The van der Waals surface area contributed by atoms with E-state index in [-0.39, 0.29) is 6.61 Å². The summed E-state index contributed by atoms with van der Waals surface area (Å²) in [7, 11) is 1.32. The van der Waals surface area contributed by atoms with E-state index in [2.05, 4.69) is 27.3 Å². The highest BCUT2D eigenvalue weighted by molar-refractivity contribution is 14.1. The fourth-order valence-corrected chi connectivity index (χ4v) is 1.71. The van der Waals surface area contributed by atoms with Crippen molar-refractivity contribution in [3.8, 4) is 11.8 Å². The maximum Gasteiger partial charge on any atom is 0.330 e. The molecule has 0 aliphatic rings. The largest absolute Gasteiger partial charge is 0.488 e. The minimum Gasteiger partial charge on any atom is -0.488 e. The Hall–Kier alpha value is -1.55. The Morgan fingerprint density at radius 2 is 2.35 bits per heavy atom. The predicted octanol–water partition coefficient (Wildman–Crippen LogP) is 2.27. The van der Waals surface area contributed by atoms with Crippen molar-refractivity contribution in [3.05, 3.63) is 39.5 Å². The van der Waals surface area contributed by atoms with Gasteiger partial charge in [-0.15, -0.1) is 0 Å². The van der Waals surface area contributed by atoms with Crippen LogP contribution in [0.4, 0.5) is 0 Å². The maximum atomic E-state index is 10.8. The Morgan fingerprint density at radius 3 is 2.94 bits per heavy atom. The number of methoxy groups -OCH3 is 1. The first-order valence-corrected chi connectivity index (χ1v) is 5.82. The molecule has 0 atom stereocenters. The lowest BCUT2D eigenvalue weighted by Gasteiger charge is -2.05. The molecule has 0 saturated heterocycles. The summed E-state index contributed by atoms with van der Waals surface area (Å²) in [6, 6.07) is 7.20. The van der Waals surface area contributed by atoms with Crippen molar-refractivity contribution < 1.29 is 14.3 Å². The van der Waals surface area contributed by atoms with Crippen molar-refractivity contribution in [1.29, 1.82) is 5.26 Å². The van der Waals surface area contributed by atoms with Gasteiger partial charge in [0.05, 0.1) is 22.3 Å². The lowest BCUT2D eigenvalue weighted by Crippen LogP contribution is -1.99. The highest BCUT2D eigenvalue weighted by Crippen LogP contribution is 2.21. The summed E-state index contributed by atoms with van der Waals surface area (Å²) >= 11 is 2.09. The van der Waals surface area contributed by atoms with Crippen LogP contribution in [0.1, 0.15) is 5.56 Å². The molecule has 88 valence electrons. The molecule has 1 aromatic carbocycles. The van der Waals surface area contributed by atoms with E-state index in [0.717, 1.165) is 3.57 Å². The molecule has 0 heterocycles. The van der Waals surface area contributed by atoms with Crippen LogP contribution in [0.3, 0.4) is 0 Å². The molecule has 1 aromatic rings. The van der Waals surface area contributed by atoms with Crippen LogP contribution in [0.15, 0.2) is 30.4 Å². The molecule has 0 N–H and O–H groups in total. The van der Waals surface area contributed by atoms with Crippen molar-refractivity contribution >= 4 is 28.6 Å². The third kappa shape index (κ3) is 4.44. The quantitative estimate of drug-likeness (QED) is 0.478. The minimum absolute atomic E-state index is 0.275. The van der Waals surface area contributed by atoms with Gasteiger partial charge in [-0.1, -0.05) is 0 Å². The van der Waals surface area contributed by atoms with E-state index in [1.54, 1.807) is 24.3 Å². The van der Waals surface area contributed by atoms with Crippen LogP contribution < -0.4 is 4.74 Å². The van der Waals surface area contributed by atoms with Gasteiger partial charge < -0.3 is 9.47 Å². The summed E-state index contributed by atoms with van der Waals surface area (Å²) in [4.78, 5) is 10.8. The van der Waals surface area contributed by atoms with Gasteiger partial charge in [-0.2, -0.15) is 5.26 Å². The van der Waals surface area contributed by atoms with Crippen molar-refractivity contribution in [2.24, 2.45) is 0 Å². The molecule has 0 bridgehead atoms. The number of rotatable bonds is 4. The molecule has 1 rings (SSSR count). The van der Waals surface area contributed by atoms with E-state index in [9.17, 15) is 4.79 Å².